The van der Waals surface area contributed by atoms with Crippen LogP contribution in [0.1, 0.15) is 15.9 Å². The summed E-state index contributed by atoms with van der Waals surface area (Å²) in [6.07, 6.45) is 2.58. The summed E-state index contributed by atoms with van der Waals surface area (Å²) < 4.78 is 0. The van der Waals surface area contributed by atoms with Crippen LogP contribution in [0.25, 0.3) is 6.08 Å². The molecule has 0 aliphatic rings. The third-order valence-corrected chi connectivity index (χ3v) is 2.62. The first kappa shape index (κ1) is 14.5. The Morgan fingerprint density at radius 3 is 1.50 bits per heavy atom. The molecule has 18 heavy (non-hydrogen) atoms. The summed E-state index contributed by atoms with van der Waals surface area (Å²) in [6, 6.07) is 14.3. The molecule has 0 aliphatic carbocycles. The maximum Gasteiger partial charge on any atom is 0.150 e. The first-order valence-corrected chi connectivity index (χ1v) is 6.00. The zero-order valence-corrected chi connectivity index (χ0v) is 11.2. The molecule has 0 amide bonds. The van der Waals surface area contributed by atoms with Crippen molar-refractivity contribution in [1.82, 2.24) is 0 Å². The molecular formula is C15H12Cl2O. The molecule has 0 radical (unpaired) electrons. The summed E-state index contributed by atoms with van der Waals surface area (Å²) in [4.78, 5) is 10.1. The highest BCUT2D eigenvalue weighted by atomic mass is 35.5. The van der Waals surface area contributed by atoms with Crippen LogP contribution >= 0.6 is 23.2 Å². The second-order valence-corrected chi connectivity index (χ2v) is 4.30. The second-order valence-electron chi connectivity index (χ2n) is 3.43. The summed E-state index contributed by atoms with van der Waals surface area (Å²) in [5.41, 5.74) is 1.75. The van der Waals surface area contributed by atoms with Gasteiger partial charge in [0, 0.05) is 15.6 Å². The number of benzene rings is 2. The van der Waals surface area contributed by atoms with Gasteiger partial charge in [-0.2, -0.15) is 0 Å². The van der Waals surface area contributed by atoms with Crippen LogP contribution in [0, 0.1) is 0 Å². The SMILES string of the molecule is C=Cc1ccc(Cl)cc1.O=Cc1ccc(Cl)cc1. The average Bonchev–Trinajstić information content (AvgIpc) is 2.41. The molecule has 0 spiro atoms. The van der Waals surface area contributed by atoms with Gasteiger partial charge >= 0.3 is 0 Å². The molecule has 0 aromatic heterocycles. The normalized spacial score (nSPS) is 9.00. The highest BCUT2D eigenvalue weighted by Crippen LogP contribution is 2.09. The van der Waals surface area contributed by atoms with Crippen LogP contribution in [0.2, 0.25) is 10.0 Å². The lowest BCUT2D eigenvalue weighted by Gasteiger charge is -1.89. The Morgan fingerprint density at radius 2 is 1.17 bits per heavy atom. The molecule has 0 saturated heterocycles. The van der Waals surface area contributed by atoms with Gasteiger partial charge in [-0.3, -0.25) is 4.79 Å². The first-order chi connectivity index (χ1) is 8.65. The van der Waals surface area contributed by atoms with Crippen molar-refractivity contribution in [2.75, 3.05) is 0 Å². The van der Waals surface area contributed by atoms with Crippen molar-refractivity contribution in [2.24, 2.45) is 0 Å². The van der Waals surface area contributed by atoms with Crippen LogP contribution in [0.5, 0.6) is 0 Å². The first-order valence-electron chi connectivity index (χ1n) is 5.24. The summed E-state index contributed by atoms with van der Waals surface area (Å²) in [5, 5.41) is 1.42. The fraction of sp³-hybridized carbons (Fsp3) is 0. The molecule has 0 N–H and O–H groups in total. The van der Waals surface area contributed by atoms with Crippen molar-refractivity contribution in [3.63, 3.8) is 0 Å². The van der Waals surface area contributed by atoms with Gasteiger partial charge in [-0.1, -0.05) is 60.1 Å². The van der Waals surface area contributed by atoms with Crippen molar-refractivity contribution in [3.05, 3.63) is 76.3 Å². The number of rotatable bonds is 2. The van der Waals surface area contributed by atoms with Gasteiger partial charge in [0.05, 0.1) is 0 Å². The molecule has 1 nitrogen and oxygen atoms in total. The Balaban J connectivity index is 0.000000180. The molecular weight excluding hydrogens is 267 g/mol. The third kappa shape index (κ3) is 5.17. The number of halogens is 2. The summed E-state index contributed by atoms with van der Waals surface area (Å²) in [7, 11) is 0. The Morgan fingerprint density at radius 1 is 0.778 bits per heavy atom. The van der Waals surface area contributed by atoms with E-state index in [1.807, 2.05) is 24.3 Å². The van der Waals surface area contributed by atoms with Gasteiger partial charge in [-0.15, -0.1) is 0 Å². The van der Waals surface area contributed by atoms with E-state index in [9.17, 15) is 4.79 Å². The Bertz CT molecular complexity index is 452. The van der Waals surface area contributed by atoms with Gasteiger partial charge in [0.2, 0.25) is 0 Å². The maximum absolute atomic E-state index is 10.1. The van der Waals surface area contributed by atoms with Crippen LogP contribution < -0.4 is 0 Å². The molecule has 0 fully saturated rings. The van der Waals surface area contributed by atoms with E-state index in [0.29, 0.717) is 10.6 Å². The minimum atomic E-state index is 0.652. The highest BCUT2D eigenvalue weighted by molar-refractivity contribution is 6.30. The van der Waals surface area contributed by atoms with Crippen molar-refractivity contribution in [1.29, 1.82) is 0 Å². The van der Waals surface area contributed by atoms with E-state index >= 15 is 0 Å². The summed E-state index contributed by atoms with van der Waals surface area (Å²) in [6.45, 7) is 3.62. The number of hydrogen-bond donors (Lipinski definition) is 0. The van der Waals surface area contributed by atoms with Gasteiger partial charge in [-0.05, 0) is 29.8 Å². The van der Waals surface area contributed by atoms with Gasteiger partial charge in [0.1, 0.15) is 6.29 Å². The van der Waals surface area contributed by atoms with Gasteiger partial charge in [-0.25, -0.2) is 0 Å². The molecule has 0 heterocycles. The Kier molecular flexibility index (Phi) is 6.20. The molecule has 2 aromatic carbocycles. The molecule has 2 aromatic rings. The van der Waals surface area contributed by atoms with Crippen LogP contribution in [0.15, 0.2) is 55.1 Å². The number of aldehydes is 1. The quantitative estimate of drug-likeness (QED) is 0.696. The largest absolute Gasteiger partial charge is 0.298 e. The van der Waals surface area contributed by atoms with Crippen LogP contribution in [-0.2, 0) is 0 Å². The van der Waals surface area contributed by atoms with Crippen LogP contribution in [-0.4, -0.2) is 6.29 Å². The standard InChI is InChI=1S/C8H7Cl.C7H5ClO/c1-2-7-3-5-8(9)6-4-7;8-7-3-1-6(5-9)2-4-7/h2-6H,1H2;1-5H. The van der Waals surface area contributed by atoms with Crippen molar-refractivity contribution < 1.29 is 4.79 Å². The van der Waals surface area contributed by atoms with Crippen LogP contribution in [0.3, 0.4) is 0 Å². The number of carbonyl (C=O) groups is 1. The maximum atomic E-state index is 10.1. The molecule has 0 bridgehead atoms. The van der Waals surface area contributed by atoms with Gasteiger partial charge in [0.15, 0.2) is 0 Å². The zero-order valence-electron chi connectivity index (χ0n) is 9.64. The predicted octanol–water partition coefficient (Wildman–Crippen LogP) is 5.14. The van der Waals surface area contributed by atoms with Gasteiger partial charge in [0.25, 0.3) is 0 Å². The molecule has 0 saturated carbocycles. The lowest BCUT2D eigenvalue weighted by atomic mass is 10.2. The summed E-state index contributed by atoms with van der Waals surface area (Å²) in [5.74, 6) is 0. The van der Waals surface area contributed by atoms with E-state index in [4.69, 9.17) is 23.2 Å². The predicted molar refractivity (Wildman–Crippen MR) is 78.4 cm³/mol. The zero-order chi connectivity index (χ0) is 13.4. The van der Waals surface area contributed by atoms with E-state index < -0.39 is 0 Å². The molecule has 0 aliphatic heterocycles. The van der Waals surface area contributed by atoms with Crippen molar-refractivity contribution in [2.45, 2.75) is 0 Å². The lowest BCUT2D eigenvalue weighted by Crippen LogP contribution is -1.74. The topological polar surface area (TPSA) is 17.1 Å². The van der Waals surface area contributed by atoms with E-state index in [2.05, 4.69) is 6.58 Å². The van der Waals surface area contributed by atoms with E-state index in [-0.39, 0.29) is 0 Å². The molecule has 0 atom stereocenters. The third-order valence-electron chi connectivity index (χ3n) is 2.11. The van der Waals surface area contributed by atoms with Crippen molar-refractivity contribution >= 4 is 35.6 Å². The van der Waals surface area contributed by atoms with E-state index in [0.717, 1.165) is 16.9 Å². The van der Waals surface area contributed by atoms with E-state index in [1.54, 1.807) is 30.3 Å². The minimum absolute atomic E-state index is 0.652. The van der Waals surface area contributed by atoms with Crippen LogP contribution in [0.4, 0.5) is 0 Å². The fourth-order valence-electron chi connectivity index (χ4n) is 1.14. The Hall–Kier alpha value is -1.57. The lowest BCUT2D eigenvalue weighted by molar-refractivity contribution is 0.112. The average molecular weight is 279 g/mol. The molecule has 2 rings (SSSR count). The Labute approximate surface area is 117 Å². The smallest absolute Gasteiger partial charge is 0.150 e. The summed E-state index contributed by atoms with van der Waals surface area (Å²) >= 11 is 11.2. The monoisotopic (exact) mass is 278 g/mol. The van der Waals surface area contributed by atoms with E-state index in [1.165, 1.54) is 0 Å². The number of carbonyl (C=O) groups excluding carboxylic acids is 1. The van der Waals surface area contributed by atoms with Crippen molar-refractivity contribution in [3.8, 4) is 0 Å². The molecule has 3 heteroatoms. The molecule has 0 unspecified atom stereocenters. The number of hydrogen-bond acceptors (Lipinski definition) is 1. The molecule has 92 valence electrons. The highest BCUT2D eigenvalue weighted by Gasteiger charge is 1.86. The van der Waals surface area contributed by atoms with Gasteiger partial charge < -0.3 is 0 Å². The second kappa shape index (κ2) is 7.70. The minimum Gasteiger partial charge on any atom is -0.298 e. The fourth-order valence-corrected chi connectivity index (χ4v) is 1.39.